The molecule has 0 radical (unpaired) electrons. The summed E-state index contributed by atoms with van der Waals surface area (Å²) in [4.78, 5) is 24.9. The Labute approximate surface area is 183 Å². The molecular formula is C24H21F3N2O3. The quantitative estimate of drug-likeness (QED) is 0.517. The Morgan fingerprint density at radius 2 is 1.50 bits per heavy atom. The van der Waals surface area contributed by atoms with Gasteiger partial charge in [-0.25, -0.2) is 0 Å². The van der Waals surface area contributed by atoms with Crippen molar-refractivity contribution < 1.29 is 27.5 Å². The summed E-state index contributed by atoms with van der Waals surface area (Å²) >= 11 is 0. The minimum Gasteiger partial charge on any atom is -0.481 e. The normalized spacial score (nSPS) is 12.0. The fraction of sp³-hybridized carbons (Fsp3) is 0.167. The number of rotatable bonds is 6. The molecule has 0 aliphatic rings. The van der Waals surface area contributed by atoms with Crippen LogP contribution in [0.3, 0.4) is 0 Å². The Morgan fingerprint density at radius 1 is 0.875 bits per heavy atom. The van der Waals surface area contributed by atoms with E-state index in [1.807, 2.05) is 19.1 Å². The maximum absolute atomic E-state index is 12.9. The molecule has 0 heterocycles. The van der Waals surface area contributed by atoms with Crippen LogP contribution in [0.2, 0.25) is 0 Å². The first-order valence-corrected chi connectivity index (χ1v) is 9.75. The van der Waals surface area contributed by atoms with E-state index in [4.69, 9.17) is 4.74 Å². The lowest BCUT2D eigenvalue weighted by atomic mass is 10.1. The van der Waals surface area contributed by atoms with E-state index < -0.39 is 29.7 Å². The number of amides is 2. The second-order valence-corrected chi connectivity index (χ2v) is 7.18. The summed E-state index contributed by atoms with van der Waals surface area (Å²) in [7, 11) is 0. The molecule has 0 bridgehead atoms. The first-order chi connectivity index (χ1) is 15.1. The SMILES string of the molecule is Cc1ccc(OC(C)C(=O)Nc2cccc(C(=O)Nc3cccc(C(F)(F)F)c3)c2)cc1. The number of anilines is 2. The van der Waals surface area contributed by atoms with Crippen LogP contribution in [0.25, 0.3) is 0 Å². The highest BCUT2D eigenvalue weighted by Gasteiger charge is 2.30. The third kappa shape index (κ3) is 6.10. The molecule has 32 heavy (non-hydrogen) atoms. The number of nitrogens with one attached hydrogen (secondary N) is 2. The lowest BCUT2D eigenvalue weighted by molar-refractivity contribution is -0.137. The van der Waals surface area contributed by atoms with E-state index in [-0.39, 0.29) is 11.3 Å². The lowest BCUT2D eigenvalue weighted by Gasteiger charge is -2.15. The standard InChI is InChI=1S/C24H21F3N2O3/c1-15-9-11-21(12-10-15)32-16(2)22(30)28-19-7-3-5-17(13-19)23(31)29-20-8-4-6-18(14-20)24(25,26)27/h3-14,16H,1-2H3,(H,28,30)(H,29,31). The van der Waals surface area contributed by atoms with E-state index in [1.165, 1.54) is 24.3 Å². The summed E-state index contributed by atoms with van der Waals surface area (Å²) in [6.07, 6.45) is -5.30. The van der Waals surface area contributed by atoms with E-state index in [0.29, 0.717) is 11.4 Å². The minimum absolute atomic E-state index is 0.0133. The second-order valence-electron chi connectivity index (χ2n) is 7.18. The molecule has 2 amide bonds. The number of hydrogen-bond donors (Lipinski definition) is 2. The van der Waals surface area contributed by atoms with Gasteiger partial charge >= 0.3 is 6.18 Å². The zero-order valence-corrected chi connectivity index (χ0v) is 17.4. The Kier molecular flexibility index (Phi) is 6.82. The number of hydrogen-bond acceptors (Lipinski definition) is 3. The van der Waals surface area contributed by atoms with Gasteiger partial charge in [0.05, 0.1) is 5.56 Å². The van der Waals surface area contributed by atoms with Crippen molar-refractivity contribution in [3.8, 4) is 5.75 Å². The largest absolute Gasteiger partial charge is 0.481 e. The molecular weight excluding hydrogens is 421 g/mol. The fourth-order valence-electron chi connectivity index (χ4n) is 2.83. The molecule has 1 atom stereocenters. The molecule has 0 saturated carbocycles. The summed E-state index contributed by atoms with van der Waals surface area (Å²) in [5, 5.41) is 5.10. The number of carbonyl (C=O) groups excluding carboxylic acids is 2. The molecule has 0 spiro atoms. The van der Waals surface area contributed by atoms with Crippen molar-refractivity contribution in [3.05, 3.63) is 89.5 Å². The topological polar surface area (TPSA) is 67.4 Å². The van der Waals surface area contributed by atoms with Crippen LogP contribution < -0.4 is 15.4 Å². The molecule has 8 heteroatoms. The van der Waals surface area contributed by atoms with Crippen molar-refractivity contribution in [1.82, 2.24) is 0 Å². The van der Waals surface area contributed by atoms with Gasteiger partial charge in [-0.1, -0.05) is 29.8 Å². The van der Waals surface area contributed by atoms with Crippen LogP contribution >= 0.6 is 0 Å². The Morgan fingerprint density at radius 3 is 2.16 bits per heavy atom. The molecule has 0 saturated heterocycles. The van der Waals surface area contributed by atoms with E-state index in [9.17, 15) is 22.8 Å². The molecule has 0 aliphatic heterocycles. The zero-order valence-electron chi connectivity index (χ0n) is 17.4. The van der Waals surface area contributed by atoms with Crippen LogP contribution in [0.5, 0.6) is 5.75 Å². The van der Waals surface area contributed by atoms with Gasteiger partial charge in [-0.3, -0.25) is 9.59 Å². The predicted molar refractivity (Wildman–Crippen MR) is 116 cm³/mol. The molecule has 5 nitrogen and oxygen atoms in total. The lowest BCUT2D eigenvalue weighted by Crippen LogP contribution is -2.30. The van der Waals surface area contributed by atoms with E-state index in [0.717, 1.165) is 17.7 Å². The summed E-state index contributed by atoms with van der Waals surface area (Å²) in [6, 6.07) is 17.7. The van der Waals surface area contributed by atoms with Crippen molar-refractivity contribution in [2.75, 3.05) is 10.6 Å². The van der Waals surface area contributed by atoms with Crippen LogP contribution in [0.15, 0.2) is 72.8 Å². The Balaban J connectivity index is 1.65. The molecule has 3 aromatic carbocycles. The van der Waals surface area contributed by atoms with Gasteiger partial charge in [0, 0.05) is 16.9 Å². The van der Waals surface area contributed by atoms with Gasteiger partial charge in [0.15, 0.2) is 6.10 Å². The fourth-order valence-corrected chi connectivity index (χ4v) is 2.83. The average Bonchev–Trinajstić information content (AvgIpc) is 2.75. The number of carbonyl (C=O) groups is 2. The third-order valence-electron chi connectivity index (χ3n) is 4.54. The van der Waals surface area contributed by atoms with Gasteiger partial charge in [0.25, 0.3) is 11.8 Å². The number of benzene rings is 3. The number of alkyl halides is 3. The Hall–Kier alpha value is -3.81. The summed E-state index contributed by atoms with van der Waals surface area (Å²) in [6.45, 7) is 3.54. The zero-order chi connectivity index (χ0) is 23.3. The van der Waals surface area contributed by atoms with Gasteiger partial charge in [-0.15, -0.1) is 0 Å². The molecule has 166 valence electrons. The minimum atomic E-state index is -4.51. The van der Waals surface area contributed by atoms with Crippen LogP contribution in [0.1, 0.15) is 28.4 Å². The van der Waals surface area contributed by atoms with E-state index >= 15 is 0 Å². The monoisotopic (exact) mass is 442 g/mol. The van der Waals surface area contributed by atoms with Crippen LogP contribution in [0, 0.1) is 6.92 Å². The van der Waals surface area contributed by atoms with Crippen molar-refractivity contribution in [3.63, 3.8) is 0 Å². The molecule has 3 aromatic rings. The second kappa shape index (κ2) is 9.55. The van der Waals surface area contributed by atoms with Crippen LogP contribution in [0.4, 0.5) is 24.5 Å². The molecule has 1 unspecified atom stereocenters. The van der Waals surface area contributed by atoms with Crippen molar-refractivity contribution in [1.29, 1.82) is 0 Å². The smallest absolute Gasteiger partial charge is 0.416 e. The van der Waals surface area contributed by atoms with Gasteiger partial charge < -0.3 is 15.4 Å². The van der Waals surface area contributed by atoms with Crippen molar-refractivity contribution in [2.45, 2.75) is 26.1 Å². The van der Waals surface area contributed by atoms with E-state index in [2.05, 4.69) is 10.6 Å². The maximum Gasteiger partial charge on any atom is 0.416 e. The van der Waals surface area contributed by atoms with Crippen molar-refractivity contribution >= 4 is 23.2 Å². The molecule has 0 fully saturated rings. The van der Waals surface area contributed by atoms with E-state index in [1.54, 1.807) is 31.2 Å². The summed E-state index contributed by atoms with van der Waals surface area (Å²) in [5.41, 5.74) is 0.742. The predicted octanol–water partition coefficient (Wildman–Crippen LogP) is 5.67. The number of aryl methyl sites for hydroxylation is 1. The maximum atomic E-state index is 12.9. The van der Waals surface area contributed by atoms with Gasteiger partial charge in [-0.05, 0) is 62.4 Å². The van der Waals surface area contributed by atoms with Gasteiger partial charge in [0.2, 0.25) is 0 Å². The molecule has 2 N–H and O–H groups in total. The highest BCUT2D eigenvalue weighted by atomic mass is 19.4. The molecule has 0 aliphatic carbocycles. The average molecular weight is 442 g/mol. The van der Waals surface area contributed by atoms with Gasteiger partial charge in [0.1, 0.15) is 5.75 Å². The Bertz CT molecular complexity index is 1110. The first kappa shape index (κ1) is 22.9. The number of halogens is 3. The van der Waals surface area contributed by atoms with Gasteiger partial charge in [-0.2, -0.15) is 13.2 Å². The van der Waals surface area contributed by atoms with Crippen molar-refractivity contribution in [2.24, 2.45) is 0 Å². The van der Waals surface area contributed by atoms with Crippen LogP contribution in [-0.2, 0) is 11.0 Å². The van der Waals surface area contributed by atoms with Crippen LogP contribution in [-0.4, -0.2) is 17.9 Å². The summed E-state index contributed by atoms with van der Waals surface area (Å²) in [5.74, 6) is -0.474. The first-order valence-electron chi connectivity index (χ1n) is 9.75. The number of ether oxygens (including phenoxy) is 1. The molecule has 0 aromatic heterocycles. The highest BCUT2D eigenvalue weighted by molar-refractivity contribution is 6.05. The highest BCUT2D eigenvalue weighted by Crippen LogP contribution is 2.30. The summed E-state index contributed by atoms with van der Waals surface area (Å²) < 4.78 is 44.2. The third-order valence-corrected chi connectivity index (χ3v) is 4.54. The molecule has 3 rings (SSSR count).